The topological polar surface area (TPSA) is 77.1 Å². The van der Waals surface area contributed by atoms with Gasteiger partial charge in [-0.2, -0.15) is 18.3 Å². The van der Waals surface area contributed by atoms with Gasteiger partial charge >= 0.3 is 6.18 Å². The summed E-state index contributed by atoms with van der Waals surface area (Å²) in [6, 6.07) is 7.18. The molecule has 3 rings (SSSR count). The first-order valence-electron chi connectivity index (χ1n) is 8.34. The molecule has 0 fully saturated rings. The number of furan rings is 1. The Morgan fingerprint density at radius 3 is 2.57 bits per heavy atom. The van der Waals surface area contributed by atoms with Crippen molar-refractivity contribution in [2.45, 2.75) is 31.5 Å². The van der Waals surface area contributed by atoms with E-state index in [1.54, 1.807) is 23.1 Å². The summed E-state index contributed by atoms with van der Waals surface area (Å²) in [5.41, 5.74) is 1.33. The number of aryl methyl sites for hydroxylation is 1. The van der Waals surface area contributed by atoms with Crippen LogP contribution in [0.5, 0.6) is 0 Å². The normalized spacial score (nSPS) is 12.5. The molecule has 0 aliphatic rings. The lowest BCUT2D eigenvalue weighted by Crippen LogP contribution is -2.28. The first-order valence-corrected chi connectivity index (χ1v) is 9.83. The van der Waals surface area contributed by atoms with Gasteiger partial charge in [-0.25, -0.2) is 13.1 Å². The summed E-state index contributed by atoms with van der Waals surface area (Å²) in [6.07, 6.45) is -3.06. The van der Waals surface area contributed by atoms with Crippen LogP contribution in [0.2, 0.25) is 0 Å². The van der Waals surface area contributed by atoms with E-state index in [1.807, 2.05) is 13.8 Å². The van der Waals surface area contributed by atoms with Gasteiger partial charge in [0.25, 0.3) is 0 Å². The van der Waals surface area contributed by atoms with Gasteiger partial charge in [0.2, 0.25) is 10.0 Å². The number of aromatic nitrogens is 2. The van der Waals surface area contributed by atoms with Gasteiger partial charge in [0.15, 0.2) is 0 Å². The van der Waals surface area contributed by atoms with Crippen molar-refractivity contribution in [3.05, 3.63) is 59.6 Å². The van der Waals surface area contributed by atoms with Gasteiger partial charge in [0.1, 0.15) is 5.76 Å². The molecule has 1 aromatic carbocycles. The Labute approximate surface area is 160 Å². The monoisotopic (exact) mass is 413 g/mol. The molecule has 28 heavy (non-hydrogen) atoms. The zero-order valence-corrected chi connectivity index (χ0v) is 15.9. The number of alkyl halides is 3. The molecule has 6 nitrogen and oxygen atoms in total. The summed E-state index contributed by atoms with van der Waals surface area (Å²) in [6.45, 7) is 3.83. The fraction of sp³-hybridized carbons (Fsp3) is 0.278. The highest BCUT2D eigenvalue weighted by atomic mass is 32.2. The first kappa shape index (κ1) is 20.2. The van der Waals surface area contributed by atoms with Crippen LogP contribution in [0.15, 0.2) is 52.0 Å². The average Bonchev–Trinajstić information content (AvgIpc) is 3.22. The van der Waals surface area contributed by atoms with E-state index >= 15 is 0 Å². The Bertz CT molecular complexity index is 1070. The van der Waals surface area contributed by atoms with Crippen molar-refractivity contribution in [1.82, 2.24) is 14.5 Å². The molecule has 0 aliphatic carbocycles. The Morgan fingerprint density at radius 1 is 1.18 bits per heavy atom. The maximum absolute atomic E-state index is 12.8. The number of benzene rings is 1. The molecule has 150 valence electrons. The highest BCUT2D eigenvalue weighted by Gasteiger charge is 2.31. The van der Waals surface area contributed by atoms with Crippen molar-refractivity contribution in [3.8, 4) is 11.3 Å². The molecule has 1 N–H and O–H groups in total. The molecule has 0 atom stereocenters. The Morgan fingerprint density at radius 2 is 1.93 bits per heavy atom. The van der Waals surface area contributed by atoms with E-state index in [1.165, 1.54) is 0 Å². The molecule has 2 heterocycles. The maximum Gasteiger partial charge on any atom is 0.416 e. The molecule has 3 aromatic rings. The molecule has 2 aromatic heterocycles. The fourth-order valence-corrected chi connectivity index (χ4v) is 3.97. The largest absolute Gasteiger partial charge is 0.464 e. The predicted octanol–water partition coefficient (Wildman–Crippen LogP) is 3.76. The first-order chi connectivity index (χ1) is 13.1. The minimum absolute atomic E-state index is 0.0296. The predicted molar refractivity (Wildman–Crippen MR) is 96.0 cm³/mol. The van der Waals surface area contributed by atoms with E-state index in [0.717, 1.165) is 35.2 Å². The molecule has 0 saturated carbocycles. The second-order valence-electron chi connectivity index (χ2n) is 6.17. The van der Waals surface area contributed by atoms with Gasteiger partial charge in [0, 0.05) is 12.2 Å². The summed E-state index contributed by atoms with van der Waals surface area (Å²) in [7, 11) is -4.08. The van der Waals surface area contributed by atoms with Gasteiger partial charge in [-0.3, -0.25) is 4.68 Å². The van der Waals surface area contributed by atoms with E-state index in [0.29, 0.717) is 11.8 Å². The quantitative estimate of drug-likeness (QED) is 0.668. The van der Waals surface area contributed by atoms with Crippen molar-refractivity contribution in [1.29, 1.82) is 0 Å². The van der Waals surface area contributed by atoms with E-state index in [-0.39, 0.29) is 13.1 Å². The molecule has 0 radical (unpaired) electrons. The zero-order chi connectivity index (χ0) is 20.5. The van der Waals surface area contributed by atoms with E-state index in [9.17, 15) is 21.6 Å². The van der Waals surface area contributed by atoms with Crippen molar-refractivity contribution < 1.29 is 26.0 Å². The minimum atomic E-state index is -4.61. The van der Waals surface area contributed by atoms with E-state index in [4.69, 9.17) is 4.42 Å². The molecule has 0 amide bonds. The zero-order valence-electron chi connectivity index (χ0n) is 15.1. The Balaban J connectivity index is 1.72. The smallest absolute Gasteiger partial charge is 0.416 e. The lowest BCUT2D eigenvalue weighted by Gasteiger charge is -2.11. The third-order valence-electron chi connectivity index (χ3n) is 4.24. The number of hydrogen-bond acceptors (Lipinski definition) is 4. The average molecular weight is 413 g/mol. The van der Waals surface area contributed by atoms with Crippen molar-refractivity contribution in [2.24, 2.45) is 0 Å². The van der Waals surface area contributed by atoms with Crippen LogP contribution < -0.4 is 4.72 Å². The molecule has 0 unspecified atom stereocenters. The van der Waals surface area contributed by atoms with Crippen LogP contribution in [0, 0.1) is 13.8 Å². The number of nitrogens with one attached hydrogen (secondary N) is 1. The number of sulfonamides is 1. The lowest BCUT2D eigenvalue weighted by molar-refractivity contribution is -0.137. The minimum Gasteiger partial charge on any atom is -0.464 e. The standard InChI is InChI=1S/C18H18F3N3O3S/c1-12-17(16-7-4-10-27-16)13(2)24(23-12)9-8-22-28(25,26)15-6-3-5-14(11-15)18(19,20)21/h3-7,10-11,22H,8-9H2,1-2H3. The van der Waals surface area contributed by atoms with E-state index in [2.05, 4.69) is 9.82 Å². The third-order valence-corrected chi connectivity index (χ3v) is 5.70. The van der Waals surface area contributed by atoms with Gasteiger partial charge < -0.3 is 4.42 Å². The van der Waals surface area contributed by atoms with Crippen LogP contribution in [0.1, 0.15) is 17.0 Å². The number of hydrogen-bond donors (Lipinski definition) is 1. The highest BCUT2D eigenvalue weighted by Crippen LogP contribution is 2.30. The summed E-state index contributed by atoms with van der Waals surface area (Å²) in [4.78, 5) is -0.438. The van der Waals surface area contributed by atoms with Crippen molar-refractivity contribution in [2.75, 3.05) is 6.54 Å². The SMILES string of the molecule is Cc1nn(CCNS(=O)(=O)c2cccc(C(F)(F)F)c2)c(C)c1-c1ccco1. The van der Waals surface area contributed by atoms with Gasteiger partial charge in [-0.15, -0.1) is 0 Å². The van der Waals surface area contributed by atoms with Crippen molar-refractivity contribution >= 4 is 10.0 Å². The lowest BCUT2D eigenvalue weighted by atomic mass is 10.1. The summed E-state index contributed by atoms with van der Waals surface area (Å²) < 4.78 is 72.4. The van der Waals surface area contributed by atoms with Crippen LogP contribution in [0.3, 0.4) is 0 Å². The van der Waals surface area contributed by atoms with Crippen LogP contribution in [0.25, 0.3) is 11.3 Å². The van der Waals surface area contributed by atoms with Crippen LogP contribution in [0.4, 0.5) is 13.2 Å². The third kappa shape index (κ3) is 4.12. The molecule has 10 heteroatoms. The summed E-state index contributed by atoms with van der Waals surface area (Å²) >= 11 is 0. The summed E-state index contributed by atoms with van der Waals surface area (Å²) in [5, 5.41) is 4.38. The fourth-order valence-electron chi connectivity index (χ4n) is 2.90. The maximum atomic E-state index is 12.8. The molecular weight excluding hydrogens is 395 g/mol. The Kier molecular flexibility index (Phi) is 5.35. The van der Waals surface area contributed by atoms with Gasteiger partial charge in [0.05, 0.1) is 34.5 Å². The van der Waals surface area contributed by atoms with Crippen molar-refractivity contribution in [3.63, 3.8) is 0 Å². The second-order valence-corrected chi connectivity index (χ2v) is 7.94. The van der Waals surface area contributed by atoms with Crippen LogP contribution >= 0.6 is 0 Å². The van der Waals surface area contributed by atoms with Gasteiger partial charge in [-0.1, -0.05) is 6.07 Å². The molecule has 0 aliphatic heterocycles. The number of halogens is 3. The second kappa shape index (κ2) is 7.44. The molecular formula is C18H18F3N3O3S. The Hall–Kier alpha value is -2.59. The van der Waals surface area contributed by atoms with Crippen LogP contribution in [-0.4, -0.2) is 24.7 Å². The molecule has 0 saturated heterocycles. The van der Waals surface area contributed by atoms with Gasteiger partial charge in [-0.05, 0) is 44.2 Å². The van der Waals surface area contributed by atoms with Crippen LogP contribution in [-0.2, 0) is 22.7 Å². The molecule has 0 spiro atoms. The van der Waals surface area contributed by atoms with E-state index < -0.39 is 26.7 Å². The number of rotatable bonds is 6. The highest BCUT2D eigenvalue weighted by molar-refractivity contribution is 7.89. The molecule has 0 bridgehead atoms. The number of nitrogens with zero attached hydrogens (tertiary/aromatic N) is 2. The summed E-state index contributed by atoms with van der Waals surface area (Å²) in [5.74, 6) is 0.658.